The van der Waals surface area contributed by atoms with Gasteiger partial charge in [0.1, 0.15) is 11.6 Å². The highest BCUT2D eigenvalue weighted by Gasteiger charge is 2.17. The highest BCUT2D eigenvalue weighted by molar-refractivity contribution is 5.39. The Labute approximate surface area is 75.4 Å². The molecule has 3 nitrogen and oxygen atoms in total. The number of ether oxygens (including phenoxy) is 1. The molecule has 0 saturated heterocycles. The van der Waals surface area contributed by atoms with Gasteiger partial charge in [0.05, 0.1) is 12.7 Å². The molecule has 0 saturated carbocycles. The van der Waals surface area contributed by atoms with Gasteiger partial charge in [0, 0.05) is 0 Å². The molecule has 2 N–H and O–H groups in total. The number of benzene rings is 1. The molecule has 4 heteroatoms. The van der Waals surface area contributed by atoms with Gasteiger partial charge in [-0.1, -0.05) is 6.07 Å². The minimum atomic E-state index is -1.85. The normalized spacial score (nSPS) is 10.6. The number of hydrogen-bond acceptors (Lipinski definition) is 3. The lowest BCUT2D eigenvalue weighted by atomic mass is 10.1. The summed E-state index contributed by atoms with van der Waals surface area (Å²) in [5.41, 5.74) is 0.131. The molecule has 0 radical (unpaired) electrons. The Morgan fingerprint density at radius 3 is 2.46 bits per heavy atom. The van der Waals surface area contributed by atoms with Crippen molar-refractivity contribution in [3.63, 3.8) is 0 Å². The van der Waals surface area contributed by atoms with E-state index < -0.39 is 12.1 Å². The van der Waals surface area contributed by atoms with E-state index in [9.17, 15) is 4.39 Å². The number of aliphatic hydroxyl groups excluding tert-OH is 1. The van der Waals surface area contributed by atoms with E-state index in [1.54, 1.807) is 6.92 Å². The van der Waals surface area contributed by atoms with Crippen molar-refractivity contribution in [3.8, 4) is 5.75 Å². The first-order valence-corrected chi connectivity index (χ1v) is 3.77. The van der Waals surface area contributed by atoms with Gasteiger partial charge in [-0.15, -0.1) is 0 Å². The van der Waals surface area contributed by atoms with E-state index in [0.717, 1.165) is 0 Å². The summed E-state index contributed by atoms with van der Waals surface area (Å²) < 4.78 is 18.1. The van der Waals surface area contributed by atoms with Gasteiger partial charge in [-0.25, -0.2) is 4.39 Å². The number of hydrogen-bond donors (Lipinski definition) is 2. The van der Waals surface area contributed by atoms with Crippen LogP contribution >= 0.6 is 0 Å². The lowest BCUT2D eigenvalue weighted by Crippen LogP contribution is -2.04. The molecule has 0 aliphatic heterocycles. The van der Waals surface area contributed by atoms with E-state index in [2.05, 4.69) is 0 Å². The molecule has 0 aromatic heterocycles. The number of methoxy groups -OCH3 is 1. The van der Waals surface area contributed by atoms with Crippen LogP contribution in [0.5, 0.6) is 5.75 Å². The molecule has 0 aliphatic rings. The van der Waals surface area contributed by atoms with Crippen molar-refractivity contribution in [2.75, 3.05) is 7.11 Å². The molecule has 0 unspecified atom stereocenters. The van der Waals surface area contributed by atoms with Crippen LogP contribution in [0.15, 0.2) is 12.1 Å². The summed E-state index contributed by atoms with van der Waals surface area (Å²) in [5.74, 6) is -0.507. The van der Waals surface area contributed by atoms with Crippen molar-refractivity contribution in [3.05, 3.63) is 29.1 Å². The smallest absolute Gasteiger partial charge is 0.185 e. The molecule has 13 heavy (non-hydrogen) atoms. The van der Waals surface area contributed by atoms with Crippen molar-refractivity contribution in [2.24, 2.45) is 0 Å². The second kappa shape index (κ2) is 3.72. The fourth-order valence-electron chi connectivity index (χ4n) is 1.10. The van der Waals surface area contributed by atoms with Crippen LogP contribution in [0.2, 0.25) is 0 Å². The Morgan fingerprint density at radius 2 is 2.00 bits per heavy atom. The van der Waals surface area contributed by atoms with Crippen molar-refractivity contribution in [1.29, 1.82) is 0 Å². The summed E-state index contributed by atoms with van der Waals surface area (Å²) in [6.07, 6.45) is -1.85. The Balaban J connectivity index is 3.32. The van der Waals surface area contributed by atoms with Gasteiger partial charge in [-0.3, -0.25) is 0 Å². The van der Waals surface area contributed by atoms with Crippen molar-refractivity contribution in [1.82, 2.24) is 0 Å². The van der Waals surface area contributed by atoms with Gasteiger partial charge < -0.3 is 14.9 Å². The van der Waals surface area contributed by atoms with Crippen molar-refractivity contribution in [2.45, 2.75) is 13.2 Å². The first-order chi connectivity index (χ1) is 6.07. The van der Waals surface area contributed by atoms with Crippen molar-refractivity contribution >= 4 is 0 Å². The summed E-state index contributed by atoms with van der Waals surface area (Å²) in [4.78, 5) is 0. The second-order valence-electron chi connectivity index (χ2n) is 2.69. The average molecular weight is 186 g/mol. The molecule has 0 bridgehead atoms. The molecule has 0 aliphatic carbocycles. The minimum Gasteiger partial charge on any atom is -0.496 e. The van der Waals surface area contributed by atoms with Gasteiger partial charge in [0.15, 0.2) is 6.29 Å². The van der Waals surface area contributed by atoms with E-state index in [1.807, 2.05) is 0 Å². The fraction of sp³-hybridized carbons (Fsp3) is 0.333. The molecule has 1 aromatic carbocycles. The number of aryl methyl sites for hydroxylation is 1. The molecular weight excluding hydrogens is 175 g/mol. The van der Waals surface area contributed by atoms with Crippen LogP contribution in [0, 0.1) is 12.7 Å². The maximum absolute atomic E-state index is 13.3. The number of rotatable bonds is 2. The molecule has 0 atom stereocenters. The van der Waals surface area contributed by atoms with Crippen LogP contribution in [0.25, 0.3) is 0 Å². The molecule has 0 amide bonds. The Morgan fingerprint density at radius 1 is 1.38 bits per heavy atom. The molecule has 0 heterocycles. The fourth-order valence-corrected chi connectivity index (χ4v) is 1.10. The van der Waals surface area contributed by atoms with Gasteiger partial charge in [-0.05, 0) is 18.6 Å². The third-order valence-corrected chi connectivity index (χ3v) is 1.81. The molecule has 1 rings (SSSR count). The standard InChI is InChI=1S/C9H11FO3/c1-5-3-4-6(13-2)7(8(5)10)9(11)12/h3-4,9,11-12H,1-2H3. The zero-order valence-electron chi connectivity index (χ0n) is 7.41. The first kappa shape index (κ1) is 9.95. The highest BCUT2D eigenvalue weighted by atomic mass is 19.1. The molecule has 72 valence electrons. The van der Waals surface area contributed by atoms with E-state index in [-0.39, 0.29) is 11.3 Å². The van der Waals surface area contributed by atoms with Gasteiger partial charge in [0.2, 0.25) is 0 Å². The second-order valence-corrected chi connectivity index (χ2v) is 2.69. The van der Waals surface area contributed by atoms with Gasteiger partial charge in [0.25, 0.3) is 0 Å². The zero-order chi connectivity index (χ0) is 10.0. The summed E-state index contributed by atoms with van der Waals surface area (Å²) >= 11 is 0. The number of halogens is 1. The van der Waals surface area contributed by atoms with E-state index >= 15 is 0 Å². The Kier molecular flexibility index (Phi) is 2.85. The summed E-state index contributed by atoms with van der Waals surface area (Å²) in [7, 11) is 1.34. The summed E-state index contributed by atoms with van der Waals surface area (Å²) in [6, 6.07) is 3.01. The largest absolute Gasteiger partial charge is 0.496 e. The predicted octanol–water partition coefficient (Wildman–Crippen LogP) is 1.13. The third-order valence-electron chi connectivity index (χ3n) is 1.81. The first-order valence-electron chi connectivity index (χ1n) is 3.77. The van der Waals surface area contributed by atoms with Crippen LogP contribution in [0.3, 0.4) is 0 Å². The van der Waals surface area contributed by atoms with Crippen LogP contribution < -0.4 is 4.74 Å². The van der Waals surface area contributed by atoms with Crippen LogP contribution in [-0.2, 0) is 0 Å². The third kappa shape index (κ3) is 1.79. The van der Waals surface area contributed by atoms with Crippen molar-refractivity contribution < 1.29 is 19.3 Å². The highest BCUT2D eigenvalue weighted by Crippen LogP contribution is 2.28. The van der Waals surface area contributed by atoms with E-state index in [0.29, 0.717) is 5.56 Å². The average Bonchev–Trinajstić information content (AvgIpc) is 2.08. The molecule has 0 fully saturated rings. The Hall–Kier alpha value is -1.13. The maximum atomic E-state index is 13.3. The summed E-state index contributed by atoms with van der Waals surface area (Å²) in [5, 5.41) is 17.8. The van der Waals surface area contributed by atoms with Gasteiger partial charge in [-0.2, -0.15) is 0 Å². The lowest BCUT2D eigenvalue weighted by Gasteiger charge is -2.12. The molecule has 0 spiro atoms. The van der Waals surface area contributed by atoms with E-state index in [1.165, 1.54) is 19.2 Å². The topological polar surface area (TPSA) is 49.7 Å². The van der Waals surface area contributed by atoms with Crippen LogP contribution in [-0.4, -0.2) is 17.3 Å². The maximum Gasteiger partial charge on any atom is 0.185 e. The SMILES string of the molecule is COc1ccc(C)c(F)c1C(O)O. The minimum absolute atomic E-state index is 0.137. The number of aliphatic hydroxyl groups is 2. The van der Waals surface area contributed by atoms with Gasteiger partial charge >= 0.3 is 0 Å². The molecule has 1 aromatic rings. The lowest BCUT2D eigenvalue weighted by molar-refractivity contribution is -0.0465. The van der Waals surface area contributed by atoms with Crippen LogP contribution in [0.1, 0.15) is 17.4 Å². The quantitative estimate of drug-likeness (QED) is 0.680. The van der Waals surface area contributed by atoms with Crippen LogP contribution in [0.4, 0.5) is 4.39 Å². The zero-order valence-corrected chi connectivity index (χ0v) is 7.41. The monoisotopic (exact) mass is 186 g/mol. The summed E-state index contributed by atoms with van der Waals surface area (Å²) in [6.45, 7) is 1.54. The van der Waals surface area contributed by atoms with E-state index in [4.69, 9.17) is 14.9 Å². The predicted molar refractivity (Wildman–Crippen MR) is 44.9 cm³/mol. The Bertz CT molecular complexity index is 310. The molecular formula is C9H11FO3.